The average Bonchev–Trinajstić information content (AvgIpc) is 2.75. The number of nitrogens with zero attached hydrogens (tertiary/aromatic N) is 1. The Bertz CT molecular complexity index is 681. The summed E-state index contributed by atoms with van der Waals surface area (Å²) in [6.07, 6.45) is 13.0. The van der Waals surface area contributed by atoms with E-state index in [2.05, 4.69) is 102 Å². The highest BCUT2D eigenvalue weighted by molar-refractivity contribution is 7.80. The first-order valence-electron chi connectivity index (χ1n) is 10.8. The molecule has 4 N–H and O–H groups in total. The monoisotopic (exact) mass is 431 g/mol. The standard InChI is InChI=1S/C24H38N4OS/c1-4-21(14-17-25-15-5-7-24(29)27-18-20-30)8-9-22-10-12-23(13-11-22)26-16-6-19-28(2)3/h4,8-14,17,25-26,30H,5-7,15-16,18-20H2,1-3H3,(H,27,29)/p+1/b9-8+,17-14-,21-4-. The van der Waals surface area contributed by atoms with Gasteiger partial charge in [-0.3, -0.25) is 4.79 Å². The van der Waals surface area contributed by atoms with Gasteiger partial charge in [-0.2, -0.15) is 12.6 Å². The molecule has 1 rings (SSSR count). The highest BCUT2D eigenvalue weighted by Crippen LogP contribution is 2.12. The van der Waals surface area contributed by atoms with Gasteiger partial charge < -0.3 is 20.9 Å². The third-order valence-electron chi connectivity index (χ3n) is 4.46. The summed E-state index contributed by atoms with van der Waals surface area (Å²) in [5, 5.41) is 8.40. The molecule has 0 unspecified atom stereocenters. The molecule has 5 nitrogen and oxygen atoms in total. The Hall–Kier alpha value is -2.02. The van der Waals surface area contributed by atoms with Crippen LogP contribution < -0.4 is 16.0 Å². The fraction of sp³-hybridized carbons (Fsp3) is 0.458. The van der Waals surface area contributed by atoms with E-state index in [4.69, 9.17) is 0 Å². The largest absolute Gasteiger partial charge is 0.385 e. The number of nitrogens with two attached hydrogens (primary N) is 1. The maximum atomic E-state index is 11.5. The number of quaternary nitrogens is 1. The summed E-state index contributed by atoms with van der Waals surface area (Å²) in [6, 6.07) is 8.51. The molecule has 0 fully saturated rings. The van der Waals surface area contributed by atoms with Gasteiger partial charge in [-0.1, -0.05) is 30.4 Å². The van der Waals surface area contributed by atoms with Crippen LogP contribution in [0, 0.1) is 0 Å². The second-order valence-electron chi connectivity index (χ2n) is 7.39. The van der Waals surface area contributed by atoms with Crippen LogP contribution in [0.1, 0.15) is 31.7 Å². The lowest BCUT2D eigenvalue weighted by atomic mass is 10.1. The zero-order valence-electron chi connectivity index (χ0n) is 18.7. The Balaban J connectivity index is 2.32. The Kier molecular flexibility index (Phi) is 14.5. The van der Waals surface area contributed by atoms with Crippen molar-refractivity contribution in [2.75, 3.05) is 51.3 Å². The molecule has 0 saturated heterocycles. The van der Waals surface area contributed by atoms with Crippen LogP contribution in [-0.4, -0.2) is 56.8 Å². The highest BCUT2D eigenvalue weighted by Gasteiger charge is 1.99. The lowest BCUT2D eigenvalue weighted by Gasteiger charge is -2.10. The minimum Gasteiger partial charge on any atom is -0.385 e. The van der Waals surface area contributed by atoms with E-state index in [-0.39, 0.29) is 5.91 Å². The molecule has 0 bridgehead atoms. The van der Waals surface area contributed by atoms with E-state index in [1.165, 1.54) is 5.56 Å². The summed E-state index contributed by atoms with van der Waals surface area (Å²) in [5.74, 6) is 0.784. The second kappa shape index (κ2) is 16.7. The van der Waals surface area contributed by atoms with Gasteiger partial charge in [-0.15, -0.1) is 0 Å². The summed E-state index contributed by atoms with van der Waals surface area (Å²) in [6.45, 7) is 5.65. The van der Waals surface area contributed by atoms with Crippen LogP contribution in [-0.2, 0) is 4.79 Å². The molecule has 166 valence electrons. The Morgan fingerprint density at radius 2 is 1.90 bits per heavy atom. The number of rotatable bonds is 15. The third kappa shape index (κ3) is 13.2. The molecule has 0 saturated carbocycles. The van der Waals surface area contributed by atoms with E-state index in [9.17, 15) is 4.79 Å². The number of carbonyl (C=O) groups is 1. The smallest absolute Gasteiger partial charge is 0.220 e. The number of amides is 1. The topological polar surface area (TPSA) is 61.0 Å². The Morgan fingerprint density at radius 3 is 2.57 bits per heavy atom. The summed E-state index contributed by atoms with van der Waals surface area (Å²) in [7, 11) is 4.20. The van der Waals surface area contributed by atoms with E-state index in [0.29, 0.717) is 18.7 Å². The maximum Gasteiger partial charge on any atom is 0.220 e. The number of hydrogen-bond acceptors (Lipinski definition) is 4. The first kappa shape index (κ1) is 26.0. The van der Waals surface area contributed by atoms with Gasteiger partial charge in [-0.05, 0) is 63.3 Å². The number of carbonyl (C=O) groups excluding carboxylic acids is 1. The first-order valence-corrected chi connectivity index (χ1v) is 11.4. The fourth-order valence-electron chi connectivity index (χ4n) is 2.72. The Morgan fingerprint density at radius 1 is 1.13 bits per heavy atom. The normalized spacial score (nSPS) is 12.2. The molecule has 0 radical (unpaired) electrons. The van der Waals surface area contributed by atoms with Crippen LogP contribution in [0.3, 0.4) is 0 Å². The molecule has 1 aromatic rings. The molecule has 0 spiro atoms. The van der Waals surface area contributed by atoms with Crippen molar-refractivity contribution in [3.05, 3.63) is 59.8 Å². The third-order valence-corrected chi connectivity index (χ3v) is 4.68. The lowest BCUT2D eigenvalue weighted by Crippen LogP contribution is -2.78. The van der Waals surface area contributed by atoms with Crippen LogP contribution in [0.2, 0.25) is 0 Å². The van der Waals surface area contributed by atoms with Crippen molar-refractivity contribution in [2.24, 2.45) is 0 Å². The Labute approximate surface area is 188 Å². The summed E-state index contributed by atoms with van der Waals surface area (Å²) in [4.78, 5) is 13.7. The zero-order chi connectivity index (χ0) is 22.0. The van der Waals surface area contributed by atoms with Crippen molar-refractivity contribution in [1.82, 2.24) is 10.2 Å². The van der Waals surface area contributed by atoms with Crippen molar-refractivity contribution in [2.45, 2.75) is 26.2 Å². The predicted octanol–water partition coefficient (Wildman–Crippen LogP) is 2.91. The van der Waals surface area contributed by atoms with Gasteiger partial charge in [0.25, 0.3) is 0 Å². The fourth-order valence-corrected chi connectivity index (χ4v) is 2.83. The minimum atomic E-state index is 0.105. The van der Waals surface area contributed by atoms with E-state index in [1.807, 2.05) is 6.92 Å². The van der Waals surface area contributed by atoms with Gasteiger partial charge in [0, 0.05) is 37.4 Å². The van der Waals surface area contributed by atoms with E-state index in [1.54, 1.807) is 0 Å². The van der Waals surface area contributed by atoms with Crippen LogP contribution >= 0.6 is 12.6 Å². The zero-order valence-corrected chi connectivity index (χ0v) is 19.6. The van der Waals surface area contributed by atoms with Crippen molar-refractivity contribution >= 4 is 30.3 Å². The number of anilines is 1. The van der Waals surface area contributed by atoms with Crippen LogP contribution in [0.5, 0.6) is 0 Å². The van der Waals surface area contributed by atoms with Crippen LogP contribution in [0.15, 0.2) is 54.3 Å². The van der Waals surface area contributed by atoms with Gasteiger partial charge in [-0.25, -0.2) is 0 Å². The van der Waals surface area contributed by atoms with Crippen molar-refractivity contribution in [3.63, 3.8) is 0 Å². The maximum absolute atomic E-state index is 11.5. The van der Waals surface area contributed by atoms with Crippen molar-refractivity contribution < 1.29 is 10.1 Å². The van der Waals surface area contributed by atoms with E-state index >= 15 is 0 Å². The molecule has 0 heterocycles. The van der Waals surface area contributed by atoms with Crippen molar-refractivity contribution in [3.8, 4) is 0 Å². The molecule has 6 heteroatoms. The van der Waals surface area contributed by atoms with Gasteiger partial charge in [0.05, 0.1) is 12.7 Å². The van der Waals surface area contributed by atoms with E-state index < -0.39 is 0 Å². The lowest BCUT2D eigenvalue weighted by molar-refractivity contribution is -0.588. The molecular weight excluding hydrogens is 392 g/mol. The molecule has 1 amide bonds. The number of hydrogen-bond donors (Lipinski definition) is 4. The van der Waals surface area contributed by atoms with Gasteiger partial charge in [0.1, 0.15) is 0 Å². The minimum absolute atomic E-state index is 0.105. The van der Waals surface area contributed by atoms with Gasteiger partial charge in [0.15, 0.2) is 0 Å². The second-order valence-corrected chi connectivity index (χ2v) is 7.84. The number of thiol groups is 1. The summed E-state index contributed by atoms with van der Waals surface area (Å²) in [5.41, 5.74) is 3.49. The molecule has 0 aromatic heterocycles. The highest BCUT2D eigenvalue weighted by atomic mass is 32.1. The van der Waals surface area contributed by atoms with Crippen LogP contribution in [0.4, 0.5) is 5.69 Å². The summed E-state index contributed by atoms with van der Waals surface area (Å²) >= 11 is 4.08. The number of allylic oxidation sites excluding steroid dienone is 4. The van der Waals surface area contributed by atoms with Gasteiger partial charge in [0.2, 0.25) is 5.91 Å². The summed E-state index contributed by atoms with van der Waals surface area (Å²) < 4.78 is 0. The molecular formula is C24H39N4OS+. The number of benzene rings is 1. The SMILES string of the molecule is C/C=C(\C=C/[NH2+]CCCC(=O)NCCS)/C=C/c1ccc(NCCCN(C)C)cc1. The average molecular weight is 432 g/mol. The molecule has 0 aliphatic carbocycles. The first-order chi connectivity index (χ1) is 14.5. The molecule has 30 heavy (non-hydrogen) atoms. The van der Waals surface area contributed by atoms with Gasteiger partial charge >= 0.3 is 0 Å². The predicted molar refractivity (Wildman–Crippen MR) is 133 cm³/mol. The molecule has 0 aliphatic heterocycles. The molecule has 0 atom stereocenters. The van der Waals surface area contributed by atoms with E-state index in [0.717, 1.165) is 43.7 Å². The quantitative estimate of drug-likeness (QED) is 0.196. The van der Waals surface area contributed by atoms with Crippen LogP contribution in [0.25, 0.3) is 6.08 Å². The molecule has 1 aromatic carbocycles. The number of nitrogens with one attached hydrogen (secondary N) is 2. The molecule has 0 aliphatic rings. The van der Waals surface area contributed by atoms with Crippen molar-refractivity contribution in [1.29, 1.82) is 0 Å².